The lowest BCUT2D eigenvalue weighted by Gasteiger charge is -2.23. The second-order valence-electron chi connectivity index (χ2n) is 5.10. The molecule has 0 aliphatic carbocycles. The summed E-state index contributed by atoms with van der Waals surface area (Å²) in [5, 5.41) is 14.7. The first-order valence-corrected chi connectivity index (χ1v) is 7.26. The van der Waals surface area contributed by atoms with Crippen LogP contribution < -0.4 is 10.6 Å². The Balaban J connectivity index is 3.58. The Morgan fingerprint density at radius 1 is 1.35 bits per heavy atom. The van der Waals surface area contributed by atoms with Gasteiger partial charge in [-0.25, -0.2) is 0 Å². The van der Waals surface area contributed by atoms with Crippen molar-refractivity contribution in [1.82, 2.24) is 10.6 Å². The summed E-state index contributed by atoms with van der Waals surface area (Å²) in [7, 11) is 0. The molecule has 17 heavy (non-hydrogen) atoms. The van der Waals surface area contributed by atoms with Crippen molar-refractivity contribution in [2.45, 2.75) is 45.7 Å². The van der Waals surface area contributed by atoms with E-state index >= 15 is 0 Å². The van der Waals surface area contributed by atoms with E-state index in [-0.39, 0.29) is 24.1 Å². The molecule has 0 aliphatic rings. The van der Waals surface area contributed by atoms with E-state index in [1.165, 1.54) is 0 Å². The van der Waals surface area contributed by atoms with Crippen molar-refractivity contribution in [3.05, 3.63) is 0 Å². The van der Waals surface area contributed by atoms with Crippen molar-refractivity contribution in [1.29, 1.82) is 0 Å². The predicted molar refractivity (Wildman–Crippen MR) is 74.4 cm³/mol. The maximum Gasteiger partial charge on any atom is 0.237 e. The van der Waals surface area contributed by atoms with Crippen molar-refractivity contribution in [3.8, 4) is 0 Å². The molecular weight excluding hydrogens is 236 g/mol. The number of aliphatic hydroxyl groups excluding tert-OH is 1. The van der Waals surface area contributed by atoms with Crippen molar-refractivity contribution < 1.29 is 9.90 Å². The van der Waals surface area contributed by atoms with E-state index in [1.54, 1.807) is 11.8 Å². The summed E-state index contributed by atoms with van der Waals surface area (Å²) in [6.45, 7) is 8.87. The zero-order chi connectivity index (χ0) is 13.3. The fraction of sp³-hybridized carbons (Fsp3) is 0.917. The van der Waals surface area contributed by atoms with Gasteiger partial charge in [0, 0.05) is 24.4 Å². The third-order valence-corrected chi connectivity index (χ3v) is 3.11. The highest BCUT2D eigenvalue weighted by Crippen LogP contribution is 2.01. The van der Waals surface area contributed by atoms with E-state index in [9.17, 15) is 4.79 Å². The minimum atomic E-state index is -0.178. The molecule has 0 heterocycles. The van der Waals surface area contributed by atoms with Crippen LogP contribution in [0.25, 0.3) is 0 Å². The van der Waals surface area contributed by atoms with Gasteiger partial charge in [-0.05, 0) is 39.9 Å². The summed E-state index contributed by atoms with van der Waals surface area (Å²) < 4.78 is 0. The van der Waals surface area contributed by atoms with E-state index in [0.29, 0.717) is 0 Å². The Morgan fingerprint density at radius 2 is 2.00 bits per heavy atom. The highest BCUT2D eigenvalue weighted by molar-refractivity contribution is 7.99. The molecule has 0 rings (SSSR count). The smallest absolute Gasteiger partial charge is 0.237 e. The highest BCUT2D eigenvalue weighted by Gasteiger charge is 2.18. The van der Waals surface area contributed by atoms with Crippen LogP contribution in [0.3, 0.4) is 0 Å². The van der Waals surface area contributed by atoms with Gasteiger partial charge in [0.05, 0.1) is 6.04 Å². The molecule has 0 aromatic rings. The number of rotatable bonds is 8. The van der Waals surface area contributed by atoms with Gasteiger partial charge in [0.1, 0.15) is 0 Å². The van der Waals surface area contributed by atoms with E-state index in [1.807, 2.05) is 27.7 Å². The Morgan fingerprint density at radius 3 is 2.53 bits per heavy atom. The molecular formula is C12H26N2O2S. The van der Waals surface area contributed by atoms with Gasteiger partial charge in [0.2, 0.25) is 5.91 Å². The van der Waals surface area contributed by atoms with Crippen molar-refractivity contribution in [3.63, 3.8) is 0 Å². The summed E-state index contributed by atoms with van der Waals surface area (Å²) in [5.74, 6) is 1.98. The van der Waals surface area contributed by atoms with Gasteiger partial charge in [-0.2, -0.15) is 11.8 Å². The fourth-order valence-corrected chi connectivity index (χ4v) is 1.99. The molecule has 0 saturated heterocycles. The third kappa shape index (κ3) is 10.6. The summed E-state index contributed by atoms with van der Waals surface area (Å²) in [6, 6.07) is -0.160. The molecule has 0 fully saturated rings. The van der Waals surface area contributed by atoms with Crippen molar-refractivity contribution in [2.75, 3.05) is 24.7 Å². The first-order valence-electron chi connectivity index (χ1n) is 6.11. The zero-order valence-corrected chi connectivity index (χ0v) is 12.2. The fourth-order valence-electron chi connectivity index (χ4n) is 1.19. The van der Waals surface area contributed by atoms with Crippen LogP contribution in [0.2, 0.25) is 0 Å². The molecule has 0 aliphatic heterocycles. The second-order valence-corrected chi connectivity index (χ2v) is 6.33. The van der Waals surface area contributed by atoms with E-state index in [0.717, 1.165) is 24.5 Å². The standard InChI is InChI=1S/C12H26N2O2S/c1-10(11(16)14-12(2,3)4)13-6-9-17-8-5-7-15/h10,13,15H,5-9H2,1-4H3,(H,14,16). The van der Waals surface area contributed by atoms with E-state index in [2.05, 4.69) is 10.6 Å². The average Bonchev–Trinajstić information content (AvgIpc) is 2.20. The molecule has 0 radical (unpaired) electrons. The molecule has 102 valence electrons. The largest absolute Gasteiger partial charge is 0.396 e. The van der Waals surface area contributed by atoms with Crippen molar-refractivity contribution >= 4 is 17.7 Å². The summed E-state index contributed by atoms with van der Waals surface area (Å²) in [5.41, 5.74) is -0.178. The monoisotopic (exact) mass is 262 g/mol. The molecule has 5 heteroatoms. The van der Waals surface area contributed by atoms with Crippen LogP contribution in [-0.2, 0) is 4.79 Å². The van der Waals surface area contributed by atoms with Gasteiger partial charge in [0.15, 0.2) is 0 Å². The number of nitrogens with one attached hydrogen (secondary N) is 2. The Kier molecular flexibility index (Phi) is 8.64. The molecule has 0 aromatic heterocycles. The van der Waals surface area contributed by atoms with Crippen LogP contribution in [0.5, 0.6) is 0 Å². The van der Waals surface area contributed by atoms with Crippen LogP contribution in [0, 0.1) is 0 Å². The normalized spacial score (nSPS) is 13.5. The predicted octanol–water partition coefficient (Wildman–Crippen LogP) is 0.995. The maximum absolute atomic E-state index is 11.7. The number of carbonyl (C=O) groups excluding carboxylic acids is 1. The summed E-state index contributed by atoms with van der Waals surface area (Å²) in [4.78, 5) is 11.7. The van der Waals surface area contributed by atoms with E-state index < -0.39 is 0 Å². The van der Waals surface area contributed by atoms with Gasteiger partial charge in [-0.1, -0.05) is 0 Å². The number of hydrogen-bond donors (Lipinski definition) is 3. The van der Waals surface area contributed by atoms with Gasteiger partial charge in [-0.15, -0.1) is 0 Å². The van der Waals surface area contributed by atoms with Crippen LogP contribution in [0.15, 0.2) is 0 Å². The number of aliphatic hydroxyl groups is 1. The number of carbonyl (C=O) groups is 1. The Labute approximate surface area is 109 Å². The lowest BCUT2D eigenvalue weighted by atomic mass is 10.1. The quantitative estimate of drug-likeness (QED) is 0.571. The summed E-state index contributed by atoms with van der Waals surface area (Å²) >= 11 is 1.79. The first-order chi connectivity index (χ1) is 7.87. The lowest BCUT2D eigenvalue weighted by molar-refractivity contribution is -0.124. The van der Waals surface area contributed by atoms with Crippen LogP contribution in [0.4, 0.5) is 0 Å². The van der Waals surface area contributed by atoms with Gasteiger partial charge in [0.25, 0.3) is 0 Å². The average molecular weight is 262 g/mol. The SMILES string of the molecule is CC(NCCSCCCO)C(=O)NC(C)(C)C. The number of thioether (sulfide) groups is 1. The summed E-state index contributed by atoms with van der Waals surface area (Å²) in [6.07, 6.45) is 0.838. The molecule has 0 spiro atoms. The minimum Gasteiger partial charge on any atom is -0.396 e. The number of amides is 1. The molecule has 0 aromatic carbocycles. The molecule has 1 atom stereocenters. The van der Waals surface area contributed by atoms with Gasteiger partial charge >= 0.3 is 0 Å². The van der Waals surface area contributed by atoms with E-state index in [4.69, 9.17) is 5.11 Å². The van der Waals surface area contributed by atoms with Crippen LogP contribution in [-0.4, -0.2) is 47.3 Å². The maximum atomic E-state index is 11.7. The lowest BCUT2D eigenvalue weighted by Crippen LogP contribution is -2.49. The Hall–Kier alpha value is -0.260. The molecule has 0 bridgehead atoms. The second kappa shape index (κ2) is 8.78. The van der Waals surface area contributed by atoms with Gasteiger partial charge < -0.3 is 15.7 Å². The van der Waals surface area contributed by atoms with Crippen LogP contribution >= 0.6 is 11.8 Å². The molecule has 3 N–H and O–H groups in total. The Bertz CT molecular complexity index is 217. The van der Waals surface area contributed by atoms with Crippen molar-refractivity contribution in [2.24, 2.45) is 0 Å². The van der Waals surface area contributed by atoms with Crippen LogP contribution in [0.1, 0.15) is 34.1 Å². The van der Waals surface area contributed by atoms with Gasteiger partial charge in [-0.3, -0.25) is 4.79 Å². The minimum absolute atomic E-state index is 0.0397. The highest BCUT2D eigenvalue weighted by atomic mass is 32.2. The number of hydrogen-bond acceptors (Lipinski definition) is 4. The topological polar surface area (TPSA) is 61.4 Å². The molecule has 4 nitrogen and oxygen atoms in total. The molecule has 1 amide bonds. The third-order valence-electron chi connectivity index (χ3n) is 2.04. The zero-order valence-electron chi connectivity index (χ0n) is 11.4. The molecule has 1 unspecified atom stereocenters. The molecule has 0 saturated carbocycles. The first kappa shape index (κ1) is 16.7.